The number of benzene rings is 1. The number of hydrogen-bond donors (Lipinski definition) is 3. The fourth-order valence-electron chi connectivity index (χ4n) is 3.00. The van der Waals surface area contributed by atoms with E-state index in [2.05, 4.69) is 25.6 Å². The van der Waals surface area contributed by atoms with Crippen molar-refractivity contribution in [3.8, 4) is 11.4 Å². The topological polar surface area (TPSA) is 125 Å². The van der Waals surface area contributed by atoms with E-state index in [-0.39, 0.29) is 6.04 Å². The summed E-state index contributed by atoms with van der Waals surface area (Å²) in [5, 5.41) is 17.0. The van der Waals surface area contributed by atoms with Gasteiger partial charge in [0, 0.05) is 6.42 Å². The highest BCUT2D eigenvalue weighted by molar-refractivity contribution is 7.76. The van der Waals surface area contributed by atoms with E-state index in [9.17, 15) is 4.21 Å². The molecule has 1 aliphatic rings. The van der Waals surface area contributed by atoms with Crippen LogP contribution in [0.1, 0.15) is 6.42 Å². The largest absolute Gasteiger partial charge is 0.497 e. The molecular formula is C15H19N8O2S+. The molecule has 0 bridgehead atoms. The van der Waals surface area contributed by atoms with Crippen LogP contribution in [0.5, 0.6) is 5.75 Å². The first-order valence-electron chi connectivity index (χ1n) is 8.14. The molecule has 0 radical (unpaired) electrons. The Hall–Kier alpha value is -2.63. The maximum atomic E-state index is 11.4. The van der Waals surface area contributed by atoms with Crippen molar-refractivity contribution in [2.24, 2.45) is 5.14 Å². The third-order valence-electron chi connectivity index (χ3n) is 4.37. The van der Waals surface area contributed by atoms with Crippen LogP contribution >= 0.6 is 0 Å². The minimum absolute atomic E-state index is 0.125. The van der Waals surface area contributed by atoms with Gasteiger partial charge in [0.1, 0.15) is 12.3 Å². The summed E-state index contributed by atoms with van der Waals surface area (Å²) in [4.78, 5) is 8.86. The third kappa shape index (κ3) is 3.23. The Kier molecular flexibility index (Phi) is 4.49. The molecule has 3 heterocycles. The zero-order valence-corrected chi connectivity index (χ0v) is 14.9. The maximum Gasteiger partial charge on any atom is 0.284 e. The summed E-state index contributed by atoms with van der Waals surface area (Å²) in [5.74, 6) is 1.25. The van der Waals surface area contributed by atoms with Crippen molar-refractivity contribution in [1.82, 2.24) is 25.0 Å². The first kappa shape index (κ1) is 16.8. The number of nitrogens with two attached hydrogens (primary N) is 1. The van der Waals surface area contributed by atoms with Gasteiger partial charge in [0.15, 0.2) is 11.2 Å². The van der Waals surface area contributed by atoms with Crippen LogP contribution in [-0.2, 0) is 11.2 Å². The molecule has 26 heavy (non-hydrogen) atoms. The summed E-state index contributed by atoms with van der Waals surface area (Å²) < 4.78 is 19.1. The van der Waals surface area contributed by atoms with Crippen molar-refractivity contribution in [3.05, 3.63) is 30.5 Å². The highest BCUT2D eigenvalue weighted by Crippen LogP contribution is 2.18. The second-order valence-electron chi connectivity index (χ2n) is 6.02. The summed E-state index contributed by atoms with van der Waals surface area (Å²) in [7, 11) is 1.62. The maximum absolute atomic E-state index is 11.4. The molecule has 4 rings (SSSR count). The predicted molar refractivity (Wildman–Crippen MR) is 96.1 cm³/mol. The Balaban J connectivity index is 1.59. The van der Waals surface area contributed by atoms with Crippen LogP contribution in [0.25, 0.3) is 16.9 Å². The summed E-state index contributed by atoms with van der Waals surface area (Å²) in [6.45, 7) is 1.43. The van der Waals surface area contributed by atoms with E-state index in [1.807, 2.05) is 24.3 Å². The van der Waals surface area contributed by atoms with Crippen LogP contribution in [0.2, 0.25) is 0 Å². The fourth-order valence-corrected chi connectivity index (χ4v) is 3.68. The van der Waals surface area contributed by atoms with Crippen molar-refractivity contribution in [1.29, 1.82) is 0 Å². The first-order chi connectivity index (χ1) is 12.6. The number of quaternary nitrogens is 1. The predicted octanol–water partition coefficient (Wildman–Crippen LogP) is -1.17. The Morgan fingerprint density at radius 3 is 2.88 bits per heavy atom. The van der Waals surface area contributed by atoms with Gasteiger partial charge >= 0.3 is 0 Å². The summed E-state index contributed by atoms with van der Waals surface area (Å²) >= 11 is -1.37. The molecule has 3 atom stereocenters. The summed E-state index contributed by atoms with van der Waals surface area (Å²) in [5.41, 5.74) is 2.04. The second kappa shape index (κ2) is 6.94. The van der Waals surface area contributed by atoms with Crippen LogP contribution in [0.15, 0.2) is 30.5 Å². The monoisotopic (exact) mass is 375 g/mol. The molecular weight excluding hydrogens is 356 g/mol. The molecule has 3 aromatic rings. The first-order valence-corrected chi connectivity index (χ1v) is 9.35. The van der Waals surface area contributed by atoms with E-state index in [1.54, 1.807) is 18.0 Å². The lowest BCUT2D eigenvalue weighted by molar-refractivity contribution is -0.747. The average molecular weight is 375 g/mol. The van der Waals surface area contributed by atoms with Gasteiger partial charge in [-0.15, -0.1) is 5.10 Å². The number of nitrogens with one attached hydrogen (secondary N) is 2. The molecule has 136 valence electrons. The van der Waals surface area contributed by atoms with Gasteiger partial charge in [-0.25, -0.2) is 14.4 Å². The number of rotatable bonds is 5. The molecule has 1 aliphatic heterocycles. The molecule has 10 nitrogen and oxygen atoms in total. The minimum atomic E-state index is -1.37. The van der Waals surface area contributed by atoms with Gasteiger partial charge in [0.05, 0.1) is 31.6 Å². The van der Waals surface area contributed by atoms with Crippen LogP contribution < -0.4 is 19.5 Å². The van der Waals surface area contributed by atoms with Gasteiger partial charge < -0.3 is 10.1 Å². The van der Waals surface area contributed by atoms with Crippen LogP contribution in [0.4, 0.5) is 5.95 Å². The van der Waals surface area contributed by atoms with Gasteiger partial charge in [0.2, 0.25) is 5.95 Å². The third-order valence-corrected chi connectivity index (χ3v) is 5.31. The van der Waals surface area contributed by atoms with Crippen LogP contribution in [0, 0.1) is 0 Å². The highest BCUT2D eigenvalue weighted by Gasteiger charge is 2.29. The summed E-state index contributed by atoms with van der Waals surface area (Å²) in [6, 6.07) is 7.60. The molecule has 1 saturated heterocycles. The van der Waals surface area contributed by atoms with E-state index >= 15 is 0 Å². The number of ether oxygens (including phenoxy) is 1. The number of anilines is 1. The lowest BCUT2D eigenvalue weighted by Gasteiger charge is -2.11. The Labute approximate surface area is 152 Å². The molecule has 0 aliphatic carbocycles. The quantitative estimate of drug-likeness (QED) is 0.513. The SMILES string of the molecule is COc1ccc(-n2nnc3cnc(N[C@@H]4CC[NH+](S(N)=O)C4)nc32)cc1. The Morgan fingerprint density at radius 1 is 1.38 bits per heavy atom. The molecule has 11 heteroatoms. The zero-order valence-electron chi connectivity index (χ0n) is 14.1. The van der Waals surface area contributed by atoms with Gasteiger partial charge in [0.25, 0.3) is 11.2 Å². The second-order valence-corrected chi connectivity index (χ2v) is 7.19. The van der Waals surface area contributed by atoms with Gasteiger partial charge in [-0.1, -0.05) is 5.21 Å². The van der Waals surface area contributed by atoms with E-state index in [4.69, 9.17) is 9.88 Å². The normalized spacial score (nSPS) is 21.0. The molecule has 2 unspecified atom stereocenters. The van der Waals surface area contributed by atoms with Gasteiger partial charge in [-0.2, -0.15) is 13.9 Å². The highest BCUT2D eigenvalue weighted by atomic mass is 32.2. The van der Waals surface area contributed by atoms with Crippen LogP contribution in [-0.4, -0.2) is 55.4 Å². The number of fused-ring (bicyclic) bond motifs is 1. The van der Waals surface area contributed by atoms with Crippen molar-refractivity contribution >= 4 is 28.3 Å². The van der Waals surface area contributed by atoms with E-state index < -0.39 is 11.2 Å². The molecule has 0 saturated carbocycles. The number of methoxy groups -OCH3 is 1. The standard InChI is InChI=1S/C15H18N8O2S/c1-25-12-4-2-11(3-5-12)23-14-13(20-21-23)8-17-15(19-14)18-10-6-7-22(9-10)26(16)24/h2-5,8,10H,6-7,9,16H2,1H3,(H,17,18,19)/p+1/t10-,26?/m1/s1. The van der Waals surface area contributed by atoms with Crippen molar-refractivity contribution in [3.63, 3.8) is 0 Å². The van der Waals surface area contributed by atoms with Crippen molar-refractivity contribution in [2.45, 2.75) is 12.5 Å². The Bertz CT molecular complexity index is 944. The lowest BCUT2D eigenvalue weighted by atomic mass is 10.3. The lowest BCUT2D eigenvalue weighted by Crippen LogP contribution is -3.11. The molecule has 1 fully saturated rings. The number of hydrogen-bond acceptors (Lipinski definition) is 7. The summed E-state index contributed by atoms with van der Waals surface area (Å²) in [6.07, 6.45) is 2.49. The molecule has 1 aromatic carbocycles. The zero-order chi connectivity index (χ0) is 18.1. The number of nitrogens with zero attached hydrogens (tertiary/aromatic N) is 5. The van der Waals surface area contributed by atoms with Gasteiger partial charge in [-0.05, 0) is 24.3 Å². The smallest absolute Gasteiger partial charge is 0.284 e. The number of aromatic nitrogens is 5. The fraction of sp³-hybridized carbons (Fsp3) is 0.333. The average Bonchev–Trinajstić information content (AvgIpc) is 3.29. The van der Waals surface area contributed by atoms with E-state index in [0.717, 1.165) is 28.7 Å². The molecule has 0 spiro atoms. The minimum Gasteiger partial charge on any atom is -0.497 e. The molecule has 0 amide bonds. The van der Waals surface area contributed by atoms with Crippen molar-refractivity contribution < 1.29 is 13.3 Å². The molecule has 2 aromatic heterocycles. The van der Waals surface area contributed by atoms with Crippen molar-refractivity contribution in [2.75, 3.05) is 25.5 Å². The Morgan fingerprint density at radius 2 is 2.19 bits per heavy atom. The van der Waals surface area contributed by atoms with Crippen LogP contribution in [0.3, 0.4) is 0 Å². The van der Waals surface area contributed by atoms with Gasteiger partial charge in [-0.3, -0.25) is 0 Å². The molecule has 4 N–H and O–H groups in total. The van der Waals surface area contributed by atoms with E-state index in [1.165, 1.54) is 0 Å². The van der Waals surface area contributed by atoms with E-state index in [0.29, 0.717) is 23.7 Å².